The summed E-state index contributed by atoms with van der Waals surface area (Å²) in [5, 5.41) is 0. The summed E-state index contributed by atoms with van der Waals surface area (Å²) in [6.45, 7) is 3.69. The van der Waals surface area contributed by atoms with E-state index in [1.165, 1.54) is 12.1 Å². The zero-order valence-corrected chi connectivity index (χ0v) is 11.2. The molecule has 100 valence electrons. The van der Waals surface area contributed by atoms with Gasteiger partial charge in [0.05, 0.1) is 4.90 Å². The Labute approximate surface area is 107 Å². The number of nitrogens with two attached hydrogens (primary N) is 1. The van der Waals surface area contributed by atoms with Crippen LogP contribution in [0.2, 0.25) is 0 Å². The number of carbonyl (C=O) groups is 1. The standard InChI is InChI=1S/C12H17NO4S/c1-9(2)8-11(17-12(13)14)18(15,16)10-6-4-3-5-7-10/h3-7,9,11H,8H2,1-2H3,(H2,13,14). The third-order valence-corrected chi connectivity index (χ3v) is 4.24. The summed E-state index contributed by atoms with van der Waals surface area (Å²) in [5.74, 6) is 0.0628. The SMILES string of the molecule is CC(C)CC(OC(N)=O)S(=O)(=O)c1ccccc1. The van der Waals surface area contributed by atoms with Crippen molar-refractivity contribution in [2.75, 3.05) is 0 Å². The molecular weight excluding hydrogens is 254 g/mol. The second-order valence-corrected chi connectivity index (χ2v) is 6.44. The lowest BCUT2D eigenvalue weighted by Gasteiger charge is -2.18. The third-order valence-electron chi connectivity index (χ3n) is 2.33. The average Bonchev–Trinajstić information content (AvgIpc) is 2.28. The summed E-state index contributed by atoms with van der Waals surface area (Å²) >= 11 is 0. The molecule has 0 heterocycles. The molecule has 1 amide bonds. The highest BCUT2D eigenvalue weighted by Gasteiger charge is 2.30. The minimum Gasteiger partial charge on any atom is -0.430 e. The fraction of sp³-hybridized carbons (Fsp3) is 0.417. The largest absolute Gasteiger partial charge is 0.430 e. The van der Waals surface area contributed by atoms with Gasteiger partial charge in [-0.25, -0.2) is 13.2 Å². The van der Waals surface area contributed by atoms with Crippen molar-refractivity contribution in [1.29, 1.82) is 0 Å². The molecule has 0 bridgehead atoms. The van der Waals surface area contributed by atoms with E-state index < -0.39 is 21.4 Å². The Balaban J connectivity index is 3.07. The summed E-state index contributed by atoms with van der Waals surface area (Å²) in [6.07, 6.45) is -0.875. The van der Waals surface area contributed by atoms with E-state index in [2.05, 4.69) is 0 Å². The molecule has 0 aliphatic rings. The van der Waals surface area contributed by atoms with Crippen LogP contribution in [0.4, 0.5) is 4.79 Å². The van der Waals surface area contributed by atoms with Crippen molar-refractivity contribution in [1.82, 2.24) is 0 Å². The van der Waals surface area contributed by atoms with Crippen molar-refractivity contribution in [2.24, 2.45) is 11.7 Å². The molecule has 18 heavy (non-hydrogen) atoms. The number of benzene rings is 1. The average molecular weight is 271 g/mol. The van der Waals surface area contributed by atoms with Crippen LogP contribution >= 0.6 is 0 Å². The number of hydrogen-bond acceptors (Lipinski definition) is 4. The maximum absolute atomic E-state index is 12.3. The Morgan fingerprint density at radius 1 is 1.28 bits per heavy atom. The lowest BCUT2D eigenvalue weighted by atomic mass is 10.1. The lowest BCUT2D eigenvalue weighted by Crippen LogP contribution is -2.31. The van der Waals surface area contributed by atoms with Crippen molar-refractivity contribution >= 4 is 15.9 Å². The first-order valence-corrected chi connectivity index (χ1v) is 7.13. The van der Waals surface area contributed by atoms with Crippen LogP contribution in [0.25, 0.3) is 0 Å². The van der Waals surface area contributed by atoms with Gasteiger partial charge in [-0.1, -0.05) is 32.0 Å². The van der Waals surface area contributed by atoms with E-state index in [-0.39, 0.29) is 17.2 Å². The molecule has 1 aromatic rings. The van der Waals surface area contributed by atoms with Crippen LogP contribution in [0.5, 0.6) is 0 Å². The van der Waals surface area contributed by atoms with Gasteiger partial charge in [0.1, 0.15) is 0 Å². The van der Waals surface area contributed by atoms with Crippen LogP contribution in [0.1, 0.15) is 20.3 Å². The number of ether oxygens (including phenoxy) is 1. The molecule has 0 spiro atoms. The van der Waals surface area contributed by atoms with Gasteiger partial charge in [-0.15, -0.1) is 0 Å². The fourth-order valence-corrected chi connectivity index (χ4v) is 3.21. The van der Waals surface area contributed by atoms with Crippen LogP contribution in [0, 0.1) is 5.92 Å². The van der Waals surface area contributed by atoms with Gasteiger partial charge in [0.2, 0.25) is 15.3 Å². The molecule has 1 aromatic carbocycles. The molecule has 0 radical (unpaired) electrons. The van der Waals surface area contributed by atoms with Gasteiger partial charge in [-0.05, 0) is 18.1 Å². The highest BCUT2D eigenvalue weighted by Crippen LogP contribution is 2.22. The first-order chi connectivity index (χ1) is 8.34. The highest BCUT2D eigenvalue weighted by atomic mass is 32.2. The Morgan fingerprint density at radius 2 is 1.83 bits per heavy atom. The first kappa shape index (κ1) is 14.5. The molecular formula is C12H17NO4S. The van der Waals surface area contributed by atoms with E-state index in [0.717, 1.165) is 0 Å². The van der Waals surface area contributed by atoms with Crippen molar-refractivity contribution in [3.05, 3.63) is 30.3 Å². The minimum atomic E-state index is -3.71. The van der Waals surface area contributed by atoms with Crippen LogP contribution in [-0.4, -0.2) is 19.9 Å². The Hall–Kier alpha value is -1.56. The van der Waals surface area contributed by atoms with Crippen molar-refractivity contribution < 1.29 is 17.9 Å². The smallest absolute Gasteiger partial charge is 0.405 e. The van der Waals surface area contributed by atoms with Crippen LogP contribution < -0.4 is 5.73 Å². The monoisotopic (exact) mass is 271 g/mol. The summed E-state index contributed by atoms with van der Waals surface area (Å²) in [7, 11) is -3.71. The topological polar surface area (TPSA) is 86.5 Å². The predicted molar refractivity (Wildman–Crippen MR) is 67.5 cm³/mol. The van der Waals surface area contributed by atoms with Crippen molar-refractivity contribution in [3.8, 4) is 0 Å². The Kier molecular flexibility index (Phi) is 4.72. The van der Waals surface area contributed by atoms with Gasteiger partial charge in [0.15, 0.2) is 0 Å². The minimum absolute atomic E-state index is 0.0628. The fourth-order valence-electron chi connectivity index (χ4n) is 1.51. The van der Waals surface area contributed by atoms with E-state index in [0.29, 0.717) is 0 Å². The quantitative estimate of drug-likeness (QED) is 0.886. The highest BCUT2D eigenvalue weighted by molar-refractivity contribution is 7.92. The summed E-state index contributed by atoms with van der Waals surface area (Å²) < 4.78 is 29.3. The zero-order valence-electron chi connectivity index (χ0n) is 10.4. The molecule has 0 aliphatic heterocycles. The Bertz CT molecular complexity index is 496. The van der Waals surface area contributed by atoms with Crippen molar-refractivity contribution in [2.45, 2.75) is 30.6 Å². The number of carbonyl (C=O) groups excluding carboxylic acids is 1. The zero-order chi connectivity index (χ0) is 13.8. The molecule has 1 atom stereocenters. The van der Waals surface area contributed by atoms with Gasteiger partial charge >= 0.3 is 6.09 Å². The summed E-state index contributed by atoms with van der Waals surface area (Å²) in [6, 6.07) is 7.87. The first-order valence-electron chi connectivity index (χ1n) is 5.59. The molecule has 1 rings (SSSR count). The normalized spacial score (nSPS) is 13.3. The number of sulfone groups is 1. The number of rotatable bonds is 5. The van der Waals surface area contributed by atoms with E-state index in [9.17, 15) is 13.2 Å². The predicted octanol–water partition coefficient (Wildman–Crippen LogP) is 1.93. The maximum atomic E-state index is 12.3. The molecule has 0 aromatic heterocycles. The number of hydrogen-bond donors (Lipinski definition) is 1. The molecule has 5 nitrogen and oxygen atoms in total. The molecule has 6 heteroatoms. The van der Waals surface area contributed by atoms with Crippen LogP contribution in [0.3, 0.4) is 0 Å². The molecule has 0 fully saturated rings. The van der Waals surface area contributed by atoms with Gasteiger partial charge in [-0.3, -0.25) is 0 Å². The number of primary amides is 1. The van der Waals surface area contributed by atoms with E-state index in [1.54, 1.807) is 18.2 Å². The third kappa shape index (κ3) is 3.73. The lowest BCUT2D eigenvalue weighted by molar-refractivity contribution is 0.131. The Morgan fingerprint density at radius 3 is 2.28 bits per heavy atom. The molecule has 0 saturated carbocycles. The van der Waals surface area contributed by atoms with Crippen LogP contribution in [-0.2, 0) is 14.6 Å². The van der Waals surface area contributed by atoms with Gasteiger partial charge in [0.25, 0.3) is 0 Å². The summed E-state index contributed by atoms with van der Waals surface area (Å²) in [5.41, 5.74) is 3.68. The molecule has 0 saturated heterocycles. The van der Waals surface area contributed by atoms with Crippen molar-refractivity contribution in [3.63, 3.8) is 0 Å². The van der Waals surface area contributed by atoms with E-state index in [4.69, 9.17) is 10.5 Å². The van der Waals surface area contributed by atoms with Gasteiger partial charge in [-0.2, -0.15) is 0 Å². The second kappa shape index (κ2) is 5.86. The molecule has 1 unspecified atom stereocenters. The van der Waals surface area contributed by atoms with E-state index >= 15 is 0 Å². The van der Waals surface area contributed by atoms with E-state index in [1.807, 2.05) is 13.8 Å². The number of amides is 1. The second-order valence-electron chi connectivity index (χ2n) is 4.35. The summed E-state index contributed by atoms with van der Waals surface area (Å²) in [4.78, 5) is 10.9. The van der Waals surface area contributed by atoms with Crippen LogP contribution in [0.15, 0.2) is 35.2 Å². The molecule has 0 aliphatic carbocycles. The molecule has 2 N–H and O–H groups in total. The van der Waals surface area contributed by atoms with Gasteiger partial charge < -0.3 is 10.5 Å². The van der Waals surface area contributed by atoms with Gasteiger partial charge in [0, 0.05) is 6.42 Å². The maximum Gasteiger partial charge on any atom is 0.405 e.